The number of nitrogens with one attached hydrogen (secondary N) is 1. The molecule has 0 amide bonds. The Balaban J connectivity index is 1.62. The van der Waals surface area contributed by atoms with E-state index >= 15 is 0 Å². The standard InChI is InChI=1S/C16H21N3OS/c1-11(2)8-17-9-15-18-19-16(21-15)13-7-12-5-3-4-6-14(12)20-10-13/h3-6,11,13,17H,7-10H2,1-2H3. The topological polar surface area (TPSA) is 47.0 Å². The highest BCUT2D eigenvalue weighted by Crippen LogP contribution is 2.33. The Bertz CT molecular complexity index is 597. The highest BCUT2D eigenvalue weighted by Gasteiger charge is 2.24. The van der Waals surface area contributed by atoms with Gasteiger partial charge in [-0.3, -0.25) is 0 Å². The van der Waals surface area contributed by atoms with Crippen molar-refractivity contribution < 1.29 is 4.74 Å². The van der Waals surface area contributed by atoms with Gasteiger partial charge in [-0.15, -0.1) is 10.2 Å². The molecule has 0 saturated heterocycles. The zero-order valence-electron chi connectivity index (χ0n) is 12.5. The molecular weight excluding hydrogens is 282 g/mol. The van der Waals surface area contributed by atoms with E-state index in [1.54, 1.807) is 11.3 Å². The number of nitrogens with zero attached hydrogens (tertiary/aromatic N) is 2. The molecule has 21 heavy (non-hydrogen) atoms. The van der Waals surface area contributed by atoms with Crippen molar-refractivity contribution in [3.63, 3.8) is 0 Å². The Morgan fingerprint density at radius 2 is 2.19 bits per heavy atom. The van der Waals surface area contributed by atoms with Gasteiger partial charge in [0.25, 0.3) is 0 Å². The predicted molar refractivity (Wildman–Crippen MR) is 84.8 cm³/mol. The molecule has 1 unspecified atom stereocenters. The minimum absolute atomic E-state index is 0.330. The number of benzene rings is 1. The lowest BCUT2D eigenvalue weighted by Crippen LogP contribution is -2.19. The third-order valence-electron chi connectivity index (χ3n) is 3.54. The highest BCUT2D eigenvalue weighted by atomic mass is 32.1. The highest BCUT2D eigenvalue weighted by molar-refractivity contribution is 7.11. The quantitative estimate of drug-likeness (QED) is 0.922. The molecule has 1 aliphatic heterocycles. The average Bonchev–Trinajstić information content (AvgIpc) is 2.95. The zero-order valence-corrected chi connectivity index (χ0v) is 13.3. The van der Waals surface area contributed by atoms with Gasteiger partial charge in [0, 0.05) is 6.54 Å². The van der Waals surface area contributed by atoms with Crippen LogP contribution in [0.5, 0.6) is 5.75 Å². The van der Waals surface area contributed by atoms with Crippen molar-refractivity contribution in [3.8, 4) is 5.75 Å². The maximum Gasteiger partial charge on any atom is 0.131 e. The van der Waals surface area contributed by atoms with E-state index in [1.807, 2.05) is 12.1 Å². The van der Waals surface area contributed by atoms with E-state index in [0.717, 1.165) is 35.3 Å². The first-order chi connectivity index (χ1) is 10.2. The van der Waals surface area contributed by atoms with Gasteiger partial charge in [0.1, 0.15) is 15.8 Å². The van der Waals surface area contributed by atoms with Crippen LogP contribution in [-0.2, 0) is 13.0 Å². The maximum atomic E-state index is 5.84. The van der Waals surface area contributed by atoms with Crippen LogP contribution in [0, 0.1) is 5.92 Å². The lowest BCUT2D eigenvalue weighted by molar-refractivity contribution is 0.262. The number of hydrogen-bond acceptors (Lipinski definition) is 5. The number of fused-ring (bicyclic) bond motifs is 1. The fourth-order valence-electron chi connectivity index (χ4n) is 2.46. The maximum absolute atomic E-state index is 5.84. The molecule has 112 valence electrons. The fraction of sp³-hybridized carbons (Fsp3) is 0.500. The molecular formula is C16H21N3OS. The second kappa shape index (κ2) is 6.54. The number of hydrogen-bond donors (Lipinski definition) is 1. The van der Waals surface area contributed by atoms with Crippen LogP contribution in [0.25, 0.3) is 0 Å². The summed E-state index contributed by atoms with van der Waals surface area (Å²) in [5.74, 6) is 1.99. The third-order valence-corrected chi connectivity index (χ3v) is 4.63. The first kappa shape index (κ1) is 14.5. The van der Waals surface area contributed by atoms with E-state index in [2.05, 4.69) is 41.5 Å². The normalized spacial score (nSPS) is 17.6. The first-order valence-corrected chi connectivity index (χ1v) is 8.27. The van der Waals surface area contributed by atoms with Crippen LogP contribution < -0.4 is 10.1 Å². The SMILES string of the molecule is CC(C)CNCc1nnc(C2COc3ccccc3C2)s1. The Kier molecular flexibility index (Phi) is 4.51. The van der Waals surface area contributed by atoms with E-state index < -0.39 is 0 Å². The van der Waals surface area contributed by atoms with Crippen molar-refractivity contribution in [2.75, 3.05) is 13.2 Å². The van der Waals surface area contributed by atoms with E-state index in [4.69, 9.17) is 4.74 Å². The van der Waals surface area contributed by atoms with Crippen LogP contribution in [0.4, 0.5) is 0 Å². The Hall–Kier alpha value is -1.46. The van der Waals surface area contributed by atoms with Crippen LogP contribution in [0.2, 0.25) is 0 Å². The Morgan fingerprint density at radius 1 is 1.33 bits per heavy atom. The second-order valence-electron chi connectivity index (χ2n) is 5.88. The summed E-state index contributed by atoms with van der Waals surface area (Å²) >= 11 is 1.70. The average molecular weight is 303 g/mol. The van der Waals surface area contributed by atoms with Gasteiger partial charge in [-0.05, 0) is 30.5 Å². The van der Waals surface area contributed by atoms with Gasteiger partial charge < -0.3 is 10.1 Å². The molecule has 3 rings (SSSR count). The fourth-order valence-corrected chi connectivity index (χ4v) is 3.35. The van der Waals surface area contributed by atoms with Crippen LogP contribution in [0.15, 0.2) is 24.3 Å². The summed E-state index contributed by atoms with van der Waals surface area (Å²) in [6.07, 6.45) is 0.990. The summed E-state index contributed by atoms with van der Waals surface area (Å²) in [7, 11) is 0. The lowest BCUT2D eigenvalue weighted by atomic mass is 9.97. The first-order valence-electron chi connectivity index (χ1n) is 7.46. The van der Waals surface area contributed by atoms with Gasteiger partial charge in [-0.25, -0.2) is 0 Å². The summed E-state index contributed by atoms with van der Waals surface area (Å²) in [6.45, 7) is 6.92. The Labute approximate surface area is 129 Å². The summed E-state index contributed by atoms with van der Waals surface area (Å²) in [6, 6.07) is 8.25. The summed E-state index contributed by atoms with van der Waals surface area (Å²) < 4.78 is 5.84. The molecule has 0 spiro atoms. The van der Waals surface area contributed by atoms with Crippen molar-refractivity contribution in [1.29, 1.82) is 0 Å². The summed E-state index contributed by atoms with van der Waals surface area (Å²) in [4.78, 5) is 0. The zero-order chi connectivity index (χ0) is 14.7. The van der Waals surface area contributed by atoms with Crippen molar-refractivity contribution in [3.05, 3.63) is 39.8 Å². The van der Waals surface area contributed by atoms with Crippen molar-refractivity contribution in [2.24, 2.45) is 5.92 Å². The van der Waals surface area contributed by atoms with Gasteiger partial charge in [0.15, 0.2) is 0 Å². The second-order valence-corrected chi connectivity index (χ2v) is 6.97. The van der Waals surface area contributed by atoms with Crippen molar-refractivity contribution in [2.45, 2.75) is 32.7 Å². The largest absolute Gasteiger partial charge is 0.493 e. The van der Waals surface area contributed by atoms with Crippen LogP contribution in [0.3, 0.4) is 0 Å². The molecule has 1 aliphatic rings. The molecule has 1 atom stereocenters. The summed E-state index contributed by atoms with van der Waals surface area (Å²) in [5.41, 5.74) is 1.27. The number of aromatic nitrogens is 2. The Morgan fingerprint density at radius 3 is 3.05 bits per heavy atom. The molecule has 1 aromatic heterocycles. The monoisotopic (exact) mass is 303 g/mol. The third kappa shape index (κ3) is 3.60. The van der Waals surface area contributed by atoms with Crippen LogP contribution >= 0.6 is 11.3 Å². The molecule has 0 bridgehead atoms. The number of ether oxygens (including phenoxy) is 1. The van der Waals surface area contributed by atoms with Crippen LogP contribution in [0.1, 0.15) is 35.3 Å². The molecule has 4 nitrogen and oxygen atoms in total. The van der Waals surface area contributed by atoms with Gasteiger partial charge in [0.2, 0.25) is 0 Å². The van der Waals surface area contributed by atoms with Crippen molar-refractivity contribution in [1.82, 2.24) is 15.5 Å². The molecule has 0 radical (unpaired) electrons. The van der Waals surface area contributed by atoms with Gasteiger partial charge in [-0.2, -0.15) is 0 Å². The van der Waals surface area contributed by atoms with Gasteiger partial charge in [0.05, 0.1) is 12.5 Å². The molecule has 1 aromatic carbocycles. The minimum Gasteiger partial charge on any atom is -0.493 e. The van der Waals surface area contributed by atoms with E-state index in [9.17, 15) is 0 Å². The van der Waals surface area contributed by atoms with Crippen LogP contribution in [-0.4, -0.2) is 23.3 Å². The molecule has 2 aromatic rings. The molecule has 0 aliphatic carbocycles. The van der Waals surface area contributed by atoms with E-state index in [0.29, 0.717) is 18.4 Å². The molecule has 1 N–H and O–H groups in total. The smallest absolute Gasteiger partial charge is 0.131 e. The van der Waals surface area contributed by atoms with Gasteiger partial charge in [-0.1, -0.05) is 43.4 Å². The predicted octanol–water partition coefficient (Wildman–Crippen LogP) is 3.00. The molecule has 0 fully saturated rings. The molecule has 0 saturated carbocycles. The molecule has 2 heterocycles. The number of rotatable bonds is 5. The van der Waals surface area contributed by atoms with Crippen molar-refractivity contribution >= 4 is 11.3 Å². The lowest BCUT2D eigenvalue weighted by Gasteiger charge is -2.23. The summed E-state index contributed by atoms with van der Waals surface area (Å²) in [5, 5.41) is 14.2. The minimum atomic E-state index is 0.330. The molecule has 5 heteroatoms. The number of para-hydroxylation sites is 1. The van der Waals surface area contributed by atoms with Gasteiger partial charge >= 0.3 is 0 Å². The van der Waals surface area contributed by atoms with E-state index in [-0.39, 0.29) is 0 Å². The van der Waals surface area contributed by atoms with E-state index in [1.165, 1.54) is 5.56 Å².